The second kappa shape index (κ2) is 8.35. The van der Waals surface area contributed by atoms with Crippen LogP contribution < -0.4 is 11.1 Å². The van der Waals surface area contributed by atoms with E-state index < -0.39 is 0 Å². The summed E-state index contributed by atoms with van der Waals surface area (Å²) >= 11 is 0. The fraction of sp³-hybridized carbons (Fsp3) is 0.929. The lowest BCUT2D eigenvalue weighted by molar-refractivity contribution is 0.282. The summed E-state index contributed by atoms with van der Waals surface area (Å²) in [4.78, 5) is 6.69. The molecule has 1 rings (SSSR count). The van der Waals surface area contributed by atoms with Crippen molar-refractivity contribution in [3.05, 3.63) is 0 Å². The number of nitrogens with one attached hydrogen (secondary N) is 1. The Hall–Kier alpha value is -0.770. The summed E-state index contributed by atoms with van der Waals surface area (Å²) in [5.74, 6) is 0.624. The van der Waals surface area contributed by atoms with Gasteiger partial charge in [0.15, 0.2) is 5.96 Å². The monoisotopic (exact) mass is 254 g/mol. The van der Waals surface area contributed by atoms with Gasteiger partial charge in [-0.1, -0.05) is 25.7 Å². The number of hydrogen-bond acceptors (Lipinski definition) is 2. The maximum atomic E-state index is 5.94. The average Bonchev–Trinajstić information content (AvgIpc) is 2.57. The summed E-state index contributed by atoms with van der Waals surface area (Å²) in [7, 11) is 2.12. The Balaban J connectivity index is 2.23. The molecular formula is C14H30N4. The van der Waals surface area contributed by atoms with Gasteiger partial charge in [-0.15, -0.1) is 0 Å². The smallest absolute Gasteiger partial charge is 0.188 e. The summed E-state index contributed by atoms with van der Waals surface area (Å²) in [5, 5.41) is 3.37. The maximum Gasteiger partial charge on any atom is 0.188 e. The van der Waals surface area contributed by atoms with E-state index in [-0.39, 0.29) is 0 Å². The number of guanidine groups is 1. The minimum Gasteiger partial charge on any atom is -0.370 e. The van der Waals surface area contributed by atoms with Crippen LogP contribution in [-0.4, -0.2) is 43.1 Å². The molecule has 0 heterocycles. The molecule has 0 radical (unpaired) electrons. The zero-order valence-electron chi connectivity index (χ0n) is 12.3. The van der Waals surface area contributed by atoms with Gasteiger partial charge in [-0.3, -0.25) is 4.99 Å². The van der Waals surface area contributed by atoms with Gasteiger partial charge in [-0.05, 0) is 33.7 Å². The Morgan fingerprint density at radius 1 is 1.28 bits per heavy atom. The van der Waals surface area contributed by atoms with E-state index in [4.69, 9.17) is 5.73 Å². The van der Waals surface area contributed by atoms with Crippen LogP contribution in [-0.2, 0) is 0 Å². The van der Waals surface area contributed by atoms with Crippen molar-refractivity contribution in [2.24, 2.45) is 10.7 Å². The number of nitrogens with two attached hydrogens (primary N) is 1. The fourth-order valence-corrected chi connectivity index (χ4v) is 2.26. The van der Waals surface area contributed by atoms with Gasteiger partial charge in [-0.25, -0.2) is 0 Å². The van der Waals surface area contributed by atoms with Crippen LogP contribution in [0.5, 0.6) is 0 Å². The van der Waals surface area contributed by atoms with Crippen LogP contribution >= 0.6 is 0 Å². The number of likely N-dealkylation sites (N-methyl/N-ethyl adjacent to an activating group) is 1. The van der Waals surface area contributed by atoms with Crippen LogP contribution in [0.2, 0.25) is 0 Å². The van der Waals surface area contributed by atoms with Gasteiger partial charge < -0.3 is 16.0 Å². The molecule has 4 heteroatoms. The van der Waals surface area contributed by atoms with E-state index in [0.29, 0.717) is 18.0 Å². The van der Waals surface area contributed by atoms with E-state index >= 15 is 0 Å². The molecule has 0 aromatic carbocycles. The van der Waals surface area contributed by atoms with Crippen molar-refractivity contribution in [3.63, 3.8) is 0 Å². The van der Waals surface area contributed by atoms with E-state index in [1.54, 1.807) is 0 Å². The van der Waals surface area contributed by atoms with Crippen LogP contribution in [0.1, 0.15) is 52.4 Å². The van der Waals surface area contributed by atoms with Gasteiger partial charge in [0.1, 0.15) is 0 Å². The first-order chi connectivity index (χ1) is 8.59. The highest BCUT2D eigenvalue weighted by Gasteiger charge is 2.12. The zero-order valence-corrected chi connectivity index (χ0v) is 12.3. The Kier molecular flexibility index (Phi) is 7.09. The molecule has 0 bridgehead atoms. The topological polar surface area (TPSA) is 53.6 Å². The summed E-state index contributed by atoms with van der Waals surface area (Å²) in [6, 6.07) is 1.11. The van der Waals surface area contributed by atoms with Gasteiger partial charge >= 0.3 is 0 Å². The molecule has 1 aliphatic carbocycles. The SMILES string of the molecule is CC(C)N(C)CCN=C(N)NC1CCCCCC1. The molecule has 3 N–H and O–H groups in total. The summed E-state index contributed by atoms with van der Waals surface area (Å²) in [6.07, 6.45) is 7.86. The molecule has 1 saturated carbocycles. The number of nitrogens with zero attached hydrogens (tertiary/aromatic N) is 2. The van der Waals surface area contributed by atoms with Crippen molar-refractivity contribution >= 4 is 5.96 Å². The lowest BCUT2D eigenvalue weighted by atomic mass is 10.1. The third-order valence-electron chi connectivity index (χ3n) is 3.82. The van der Waals surface area contributed by atoms with Crippen LogP contribution in [0.25, 0.3) is 0 Å². The predicted molar refractivity (Wildman–Crippen MR) is 78.9 cm³/mol. The van der Waals surface area contributed by atoms with Gasteiger partial charge in [0, 0.05) is 18.6 Å². The van der Waals surface area contributed by atoms with Crippen LogP contribution in [0, 0.1) is 0 Å². The summed E-state index contributed by atoms with van der Waals surface area (Å²) < 4.78 is 0. The highest BCUT2D eigenvalue weighted by molar-refractivity contribution is 5.78. The normalized spacial score (nSPS) is 19.3. The number of hydrogen-bond donors (Lipinski definition) is 2. The summed E-state index contributed by atoms with van der Waals surface area (Å²) in [5.41, 5.74) is 5.94. The first kappa shape index (κ1) is 15.3. The van der Waals surface area contributed by atoms with Gasteiger partial charge in [0.25, 0.3) is 0 Å². The standard InChI is InChI=1S/C14H30N4/c1-12(2)18(3)11-10-16-14(15)17-13-8-6-4-5-7-9-13/h12-13H,4-11H2,1-3H3,(H3,15,16,17). The molecule has 1 aliphatic rings. The van der Waals surface area contributed by atoms with E-state index in [0.717, 1.165) is 13.1 Å². The molecule has 0 aromatic heterocycles. The zero-order chi connectivity index (χ0) is 13.4. The molecule has 1 fully saturated rings. The minimum atomic E-state index is 0.541. The molecule has 0 aromatic rings. The lowest BCUT2D eigenvalue weighted by Crippen LogP contribution is -2.40. The third-order valence-corrected chi connectivity index (χ3v) is 3.82. The van der Waals surface area contributed by atoms with Gasteiger partial charge in [-0.2, -0.15) is 0 Å². The van der Waals surface area contributed by atoms with E-state index in [1.807, 2.05) is 0 Å². The van der Waals surface area contributed by atoms with E-state index in [1.165, 1.54) is 38.5 Å². The fourth-order valence-electron chi connectivity index (χ4n) is 2.26. The number of rotatable bonds is 5. The molecule has 0 spiro atoms. The van der Waals surface area contributed by atoms with E-state index in [9.17, 15) is 0 Å². The Labute approximate surface area is 112 Å². The molecule has 4 nitrogen and oxygen atoms in total. The third kappa shape index (κ3) is 6.24. The van der Waals surface area contributed by atoms with Crippen molar-refractivity contribution < 1.29 is 0 Å². The summed E-state index contributed by atoms with van der Waals surface area (Å²) in [6.45, 7) is 6.12. The van der Waals surface area contributed by atoms with Gasteiger partial charge in [0.2, 0.25) is 0 Å². The number of aliphatic imine (C=N–C) groups is 1. The second-order valence-corrected chi connectivity index (χ2v) is 5.67. The Bertz CT molecular complexity index is 242. The maximum absolute atomic E-state index is 5.94. The molecule has 106 valence electrons. The first-order valence-corrected chi connectivity index (χ1v) is 7.36. The first-order valence-electron chi connectivity index (χ1n) is 7.36. The molecule has 0 saturated heterocycles. The second-order valence-electron chi connectivity index (χ2n) is 5.67. The molecule has 0 aliphatic heterocycles. The molecular weight excluding hydrogens is 224 g/mol. The minimum absolute atomic E-state index is 0.541. The Morgan fingerprint density at radius 2 is 1.89 bits per heavy atom. The Morgan fingerprint density at radius 3 is 2.44 bits per heavy atom. The van der Waals surface area contributed by atoms with Crippen molar-refractivity contribution in [3.8, 4) is 0 Å². The van der Waals surface area contributed by atoms with Crippen molar-refractivity contribution in [1.82, 2.24) is 10.2 Å². The molecule has 18 heavy (non-hydrogen) atoms. The van der Waals surface area contributed by atoms with Crippen molar-refractivity contribution in [2.75, 3.05) is 20.1 Å². The molecule has 0 amide bonds. The van der Waals surface area contributed by atoms with Crippen LogP contribution in [0.15, 0.2) is 4.99 Å². The lowest BCUT2D eigenvalue weighted by Gasteiger charge is -2.20. The molecule has 0 unspecified atom stereocenters. The van der Waals surface area contributed by atoms with Crippen molar-refractivity contribution in [1.29, 1.82) is 0 Å². The highest BCUT2D eigenvalue weighted by atomic mass is 15.2. The van der Waals surface area contributed by atoms with Crippen molar-refractivity contribution in [2.45, 2.75) is 64.5 Å². The van der Waals surface area contributed by atoms with Crippen LogP contribution in [0.3, 0.4) is 0 Å². The highest BCUT2D eigenvalue weighted by Crippen LogP contribution is 2.16. The van der Waals surface area contributed by atoms with E-state index in [2.05, 4.69) is 36.1 Å². The van der Waals surface area contributed by atoms with Crippen LogP contribution in [0.4, 0.5) is 0 Å². The quantitative estimate of drug-likeness (QED) is 0.448. The molecule has 0 atom stereocenters. The van der Waals surface area contributed by atoms with Gasteiger partial charge in [0.05, 0.1) is 6.54 Å². The average molecular weight is 254 g/mol. The largest absolute Gasteiger partial charge is 0.370 e. The predicted octanol–water partition coefficient (Wildman–Crippen LogP) is 1.95.